The Labute approximate surface area is 340 Å². The van der Waals surface area contributed by atoms with Crippen molar-refractivity contribution < 1.29 is 9.47 Å². The molecule has 0 radical (unpaired) electrons. The van der Waals surface area contributed by atoms with Crippen LogP contribution >= 0.6 is 0 Å². The third-order valence-electron chi connectivity index (χ3n) is 15.3. The first-order chi connectivity index (χ1) is 27.9. The van der Waals surface area contributed by atoms with Gasteiger partial charge in [0.05, 0.1) is 22.2 Å². The highest BCUT2D eigenvalue weighted by Gasteiger charge is 2.59. The quantitative estimate of drug-likeness (QED) is 0.164. The van der Waals surface area contributed by atoms with Gasteiger partial charge >= 0.3 is 0 Å². The van der Waals surface area contributed by atoms with Crippen molar-refractivity contribution in [3.05, 3.63) is 120 Å². The fourth-order valence-corrected chi connectivity index (χ4v) is 12.9. The van der Waals surface area contributed by atoms with Gasteiger partial charge in [0, 0.05) is 50.2 Å². The van der Waals surface area contributed by atoms with Crippen molar-refractivity contribution in [1.82, 2.24) is 9.13 Å². The van der Waals surface area contributed by atoms with Crippen LogP contribution in [-0.4, -0.2) is 15.8 Å². The molecular formula is C53H49BN2O2. The van der Waals surface area contributed by atoms with Crippen LogP contribution in [0.15, 0.2) is 109 Å². The highest BCUT2D eigenvalue weighted by atomic mass is 16.5. The number of hydrogen-bond acceptors (Lipinski definition) is 2. The molecule has 6 aliphatic rings. The number of ether oxygens (including phenoxy) is 2. The second-order valence-electron chi connectivity index (χ2n) is 20.7. The molecule has 58 heavy (non-hydrogen) atoms. The monoisotopic (exact) mass is 756 g/mol. The molecular weight excluding hydrogens is 707 g/mol. The summed E-state index contributed by atoms with van der Waals surface area (Å²) in [5.74, 6) is 6.05. The Hall–Kier alpha value is -5.42. The van der Waals surface area contributed by atoms with Crippen LogP contribution in [0.3, 0.4) is 0 Å². The highest BCUT2D eigenvalue weighted by Crippen LogP contribution is 2.65. The fourth-order valence-electron chi connectivity index (χ4n) is 12.9. The Morgan fingerprint density at radius 1 is 0.552 bits per heavy atom. The van der Waals surface area contributed by atoms with E-state index in [0.29, 0.717) is 0 Å². The van der Waals surface area contributed by atoms with E-state index in [2.05, 4.69) is 160 Å². The van der Waals surface area contributed by atoms with Crippen LogP contribution in [0.25, 0.3) is 49.3 Å². The summed E-state index contributed by atoms with van der Waals surface area (Å²) >= 11 is 0. The SMILES string of the molecule is CC(C)(C)c1ccc2c(c1)B1c3cc(C(C)(C)C)ccc3Oc3cc(-n4c5ccccc5c5ccc6c7ccccc7n(C78CC9CC(CC7C9)C8)c6c54)cc(c31)O2. The summed E-state index contributed by atoms with van der Waals surface area (Å²) in [7, 11) is 0. The minimum absolute atomic E-state index is 0.00394. The third-order valence-corrected chi connectivity index (χ3v) is 15.3. The molecule has 4 heterocycles. The summed E-state index contributed by atoms with van der Waals surface area (Å²) in [4.78, 5) is 0. The standard InChI is InChI=1S/C53H49BN2O2/c1-51(2,3)32-15-19-44-40(24-32)54-41-25-33(52(4,5)6)16-20-45(41)58-47-27-35(26-46(57-44)48(47)54)55-42-13-9-7-11-36(42)38-17-18-39-37-12-8-10-14-43(37)56(50(39)49(38)55)53-28-30-21-31(29-53)23-34(53)22-30/h7-20,24-27,30-31,34H,21-23,28-29H2,1-6H3. The van der Waals surface area contributed by atoms with Crippen molar-refractivity contribution in [3.8, 4) is 28.7 Å². The molecule has 2 aliphatic heterocycles. The second-order valence-corrected chi connectivity index (χ2v) is 20.7. The first kappa shape index (κ1) is 33.5. The number of para-hydroxylation sites is 2. The molecule has 8 aromatic rings. The number of rotatable bonds is 2. The lowest BCUT2D eigenvalue weighted by atomic mass is 9.34. The summed E-state index contributed by atoms with van der Waals surface area (Å²) < 4.78 is 19.6. The molecule has 2 unspecified atom stereocenters. The molecule has 6 aromatic carbocycles. The predicted molar refractivity (Wildman–Crippen MR) is 240 cm³/mol. The van der Waals surface area contributed by atoms with Gasteiger partial charge in [-0.25, -0.2) is 0 Å². The Morgan fingerprint density at radius 2 is 1.09 bits per heavy atom. The maximum atomic E-state index is 7.08. The number of aromatic nitrogens is 2. The Balaban J connectivity index is 1.11. The Morgan fingerprint density at radius 3 is 1.67 bits per heavy atom. The molecule has 0 saturated heterocycles. The van der Waals surface area contributed by atoms with E-state index in [4.69, 9.17) is 9.47 Å². The zero-order valence-corrected chi connectivity index (χ0v) is 34.4. The molecule has 14 rings (SSSR count). The summed E-state index contributed by atoms with van der Waals surface area (Å²) in [5, 5.41) is 5.29. The van der Waals surface area contributed by atoms with Crippen LogP contribution in [0, 0.1) is 17.8 Å². The summed E-state index contributed by atoms with van der Waals surface area (Å²) in [6.45, 7) is 13.8. The maximum Gasteiger partial charge on any atom is 0.260 e. The van der Waals surface area contributed by atoms with Crippen molar-refractivity contribution >= 4 is 66.7 Å². The minimum atomic E-state index is -0.00394. The third kappa shape index (κ3) is 4.32. The highest BCUT2D eigenvalue weighted by molar-refractivity contribution is 6.98. The number of benzene rings is 6. The summed E-state index contributed by atoms with van der Waals surface area (Å²) in [5.41, 5.74) is 12.7. The normalized spacial score (nSPS) is 22.8. The minimum Gasteiger partial charge on any atom is -0.458 e. The zero-order valence-electron chi connectivity index (χ0n) is 34.4. The van der Waals surface area contributed by atoms with Crippen LogP contribution < -0.4 is 25.9 Å². The smallest absolute Gasteiger partial charge is 0.260 e. The predicted octanol–water partition coefficient (Wildman–Crippen LogP) is 11.7. The van der Waals surface area contributed by atoms with Gasteiger partial charge in [0.25, 0.3) is 6.71 Å². The molecule has 4 fully saturated rings. The van der Waals surface area contributed by atoms with Crippen molar-refractivity contribution in [2.45, 2.75) is 90.0 Å². The van der Waals surface area contributed by atoms with Crippen LogP contribution in [0.4, 0.5) is 0 Å². The van der Waals surface area contributed by atoms with Crippen molar-refractivity contribution in [3.63, 3.8) is 0 Å². The lowest BCUT2D eigenvalue weighted by molar-refractivity contribution is 0.215. The van der Waals surface area contributed by atoms with Gasteiger partial charge in [-0.05, 0) is 107 Å². The first-order valence-electron chi connectivity index (χ1n) is 21.7. The van der Waals surface area contributed by atoms with Gasteiger partial charge in [-0.1, -0.05) is 114 Å². The fraction of sp³-hybridized carbons (Fsp3) is 0.321. The summed E-state index contributed by atoms with van der Waals surface area (Å²) in [6.07, 6.45) is 6.79. The first-order valence-corrected chi connectivity index (χ1v) is 21.7. The molecule has 5 heteroatoms. The van der Waals surface area contributed by atoms with Gasteiger partial charge in [0.15, 0.2) is 0 Å². The van der Waals surface area contributed by atoms with Gasteiger partial charge in [-0.2, -0.15) is 0 Å². The number of hydrogen-bond donors (Lipinski definition) is 0. The topological polar surface area (TPSA) is 28.3 Å². The van der Waals surface area contributed by atoms with Gasteiger partial charge in [-0.15, -0.1) is 0 Å². The zero-order chi connectivity index (χ0) is 39.0. The average Bonchev–Trinajstić information content (AvgIpc) is 3.87. The summed E-state index contributed by atoms with van der Waals surface area (Å²) in [6, 6.07) is 41.4. The van der Waals surface area contributed by atoms with Gasteiger partial charge < -0.3 is 18.6 Å². The molecule has 0 N–H and O–H groups in total. The van der Waals surface area contributed by atoms with Gasteiger partial charge in [0.1, 0.15) is 23.0 Å². The van der Waals surface area contributed by atoms with Crippen molar-refractivity contribution in [2.24, 2.45) is 17.8 Å². The van der Waals surface area contributed by atoms with E-state index in [9.17, 15) is 0 Å². The van der Waals surface area contributed by atoms with E-state index in [1.807, 2.05) is 0 Å². The molecule has 4 nitrogen and oxygen atoms in total. The van der Waals surface area contributed by atoms with Gasteiger partial charge in [0.2, 0.25) is 0 Å². The molecule has 0 amide bonds. The van der Waals surface area contributed by atoms with Crippen LogP contribution in [0.1, 0.15) is 84.8 Å². The number of nitrogens with zero attached hydrogens (tertiary/aromatic N) is 2. The van der Waals surface area contributed by atoms with E-state index < -0.39 is 0 Å². The largest absolute Gasteiger partial charge is 0.458 e. The van der Waals surface area contributed by atoms with E-state index in [1.54, 1.807) is 0 Å². The molecule has 4 aliphatic carbocycles. The molecule has 4 saturated carbocycles. The van der Waals surface area contributed by atoms with Crippen molar-refractivity contribution in [2.75, 3.05) is 0 Å². The van der Waals surface area contributed by atoms with E-state index in [1.165, 1.54) is 97.8 Å². The molecule has 2 aromatic heterocycles. The maximum absolute atomic E-state index is 7.08. The van der Waals surface area contributed by atoms with E-state index >= 15 is 0 Å². The van der Waals surface area contributed by atoms with Crippen molar-refractivity contribution in [1.29, 1.82) is 0 Å². The van der Waals surface area contributed by atoms with Crippen LogP contribution in [0.5, 0.6) is 23.0 Å². The van der Waals surface area contributed by atoms with E-state index in [0.717, 1.165) is 51.9 Å². The molecule has 286 valence electrons. The Bertz CT molecular complexity index is 3010. The average molecular weight is 757 g/mol. The second kappa shape index (κ2) is 11.0. The van der Waals surface area contributed by atoms with Gasteiger partial charge in [-0.3, -0.25) is 0 Å². The number of fused-ring (bicyclic) bond motifs is 11. The molecule has 0 spiro atoms. The lowest BCUT2D eigenvalue weighted by Gasteiger charge is -2.36. The van der Waals surface area contributed by atoms with Crippen LogP contribution in [0.2, 0.25) is 0 Å². The lowest BCUT2D eigenvalue weighted by Crippen LogP contribution is -2.57. The Kier molecular flexibility index (Phi) is 6.36. The molecule has 2 atom stereocenters. The van der Waals surface area contributed by atoms with Crippen LogP contribution in [-0.2, 0) is 16.4 Å². The van der Waals surface area contributed by atoms with E-state index in [-0.39, 0.29) is 23.1 Å². The molecule has 4 bridgehead atoms.